The Kier molecular flexibility index (Phi) is 5.84. The van der Waals surface area contributed by atoms with Gasteiger partial charge in [0.15, 0.2) is 0 Å². The summed E-state index contributed by atoms with van der Waals surface area (Å²) in [6, 6.07) is 0. The topological polar surface area (TPSA) is 20.3 Å². The van der Waals surface area contributed by atoms with Crippen LogP contribution >= 0.6 is 0 Å². The summed E-state index contributed by atoms with van der Waals surface area (Å²) in [5.41, 5.74) is 0.356. The monoisotopic (exact) mass is 253 g/mol. The van der Waals surface area contributed by atoms with Crippen molar-refractivity contribution in [1.29, 1.82) is 0 Å². The normalized spacial score (nSPS) is 25.4. The van der Waals surface area contributed by atoms with Crippen LogP contribution in [0.4, 0.5) is 0 Å². The van der Waals surface area contributed by atoms with Crippen LogP contribution in [-0.4, -0.2) is 30.3 Å². The highest BCUT2D eigenvalue weighted by atomic mass is 16.1. The molecule has 0 radical (unpaired) electrons. The molecule has 2 heteroatoms. The Morgan fingerprint density at radius 1 is 1.39 bits per heavy atom. The summed E-state index contributed by atoms with van der Waals surface area (Å²) in [4.78, 5) is 14.5. The standard InChI is InChI=1S/C16H31NO/c1-6-13(3)11-17(7-2)12-14-10-16(4,5)9-8-15(14)18/h13-14H,6-12H2,1-5H3. The minimum Gasteiger partial charge on any atom is -0.303 e. The van der Waals surface area contributed by atoms with Gasteiger partial charge in [-0.15, -0.1) is 0 Å². The molecule has 2 nitrogen and oxygen atoms in total. The van der Waals surface area contributed by atoms with E-state index in [2.05, 4.69) is 39.5 Å². The zero-order valence-corrected chi connectivity index (χ0v) is 13.0. The molecule has 0 spiro atoms. The zero-order valence-electron chi connectivity index (χ0n) is 13.0. The molecule has 0 saturated heterocycles. The Hall–Kier alpha value is -0.370. The molecule has 2 atom stereocenters. The van der Waals surface area contributed by atoms with Crippen molar-refractivity contribution in [3.8, 4) is 0 Å². The fourth-order valence-corrected chi connectivity index (χ4v) is 2.93. The number of carbonyl (C=O) groups excluding carboxylic acids is 1. The van der Waals surface area contributed by atoms with Gasteiger partial charge in [-0.1, -0.05) is 41.0 Å². The van der Waals surface area contributed by atoms with Crippen molar-refractivity contribution < 1.29 is 4.79 Å². The Labute approximate surface area is 113 Å². The Bertz CT molecular complexity index is 272. The molecule has 0 N–H and O–H groups in total. The van der Waals surface area contributed by atoms with Gasteiger partial charge < -0.3 is 4.90 Å². The fraction of sp³-hybridized carbons (Fsp3) is 0.938. The summed E-state index contributed by atoms with van der Waals surface area (Å²) in [5, 5.41) is 0. The van der Waals surface area contributed by atoms with Crippen LogP contribution in [0.1, 0.15) is 60.3 Å². The van der Waals surface area contributed by atoms with Crippen LogP contribution in [-0.2, 0) is 4.79 Å². The number of ketones is 1. The number of hydrogen-bond donors (Lipinski definition) is 0. The minimum absolute atomic E-state index is 0.276. The Morgan fingerprint density at radius 3 is 2.61 bits per heavy atom. The van der Waals surface area contributed by atoms with Gasteiger partial charge in [0.05, 0.1) is 0 Å². The van der Waals surface area contributed by atoms with Crippen LogP contribution < -0.4 is 0 Å². The third-order valence-electron chi connectivity index (χ3n) is 4.50. The first kappa shape index (κ1) is 15.7. The van der Waals surface area contributed by atoms with Crippen molar-refractivity contribution >= 4 is 5.78 Å². The largest absolute Gasteiger partial charge is 0.303 e. The number of rotatable bonds is 6. The van der Waals surface area contributed by atoms with Crippen molar-refractivity contribution in [2.45, 2.75) is 60.3 Å². The highest BCUT2D eigenvalue weighted by molar-refractivity contribution is 5.82. The minimum atomic E-state index is 0.276. The van der Waals surface area contributed by atoms with Crippen molar-refractivity contribution in [2.24, 2.45) is 17.3 Å². The number of nitrogens with zero attached hydrogens (tertiary/aromatic N) is 1. The quantitative estimate of drug-likeness (QED) is 0.718. The molecule has 18 heavy (non-hydrogen) atoms. The maximum Gasteiger partial charge on any atom is 0.137 e. The van der Waals surface area contributed by atoms with Gasteiger partial charge in [0.2, 0.25) is 0 Å². The van der Waals surface area contributed by atoms with E-state index in [0.717, 1.165) is 44.8 Å². The van der Waals surface area contributed by atoms with Gasteiger partial charge in [-0.2, -0.15) is 0 Å². The maximum atomic E-state index is 12.1. The van der Waals surface area contributed by atoms with E-state index < -0.39 is 0 Å². The third-order valence-corrected chi connectivity index (χ3v) is 4.50. The summed E-state index contributed by atoms with van der Waals surface area (Å²) >= 11 is 0. The third kappa shape index (κ3) is 4.72. The SMILES string of the molecule is CCC(C)CN(CC)CC1CC(C)(C)CCC1=O. The van der Waals surface area contributed by atoms with E-state index in [4.69, 9.17) is 0 Å². The van der Waals surface area contributed by atoms with E-state index in [1.54, 1.807) is 0 Å². The lowest BCUT2D eigenvalue weighted by Crippen LogP contribution is -2.40. The van der Waals surface area contributed by atoms with E-state index >= 15 is 0 Å². The Morgan fingerprint density at radius 2 is 2.06 bits per heavy atom. The van der Waals surface area contributed by atoms with Crippen molar-refractivity contribution in [1.82, 2.24) is 4.90 Å². The number of Topliss-reactive ketones (excluding diaryl/α,β-unsaturated/α-hetero) is 1. The molecule has 1 fully saturated rings. The molecule has 0 aromatic carbocycles. The second-order valence-corrected chi connectivity index (χ2v) is 6.90. The van der Waals surface area contributed by atoms with Crippen LogP contribution in [0.2, 0.25) is 0 Å². The van der Waals surface area contributed by atoms with Crippen LogP contribution in [0.15, 0.2) is 0 Å². The molecule has 0 aromatic rings. The predicted molar refractivity (Wildman–Crippen MR) is 77.7 cm³/mol. The summed E-state index contributed by atoms with van der Waals surface area (Å²) < 4.78 is 0. The highest BCUT2D eigenvalue weighted by Crippen LogP contribution is 2.37. The molecule has 1 saturated carbocycles. The second kappa shape index (κ2) is 6.70. The molecular weight excluding hydrogens is 222 g/mol. The summed E-state index contributed by atoms with van der Waals surface area (Å²) in [6.07, 6.45) is 4.15. The van der Waals surface area contributed by atoms with Crippen LogP contribution in [0.5, 0.6) is 0 Å². The van der Waals surface area contributed by atoms with Crippen LogP contribution in [0.3, 0.4) is 0 Å². The van der Waals surface area contributed by atoms with Gasteiger partial charge in [-0.3, -0.25) is 4.79 Å². The molecule has 1 aliphatic rings. The zero-order chi connectivity index (χ0) is 13.8. The molecular formula is C16H31NO. The van der Waals surface area contributed by atoms with Crippen LogP contribution in [0.25, 0.3) is 0 Å². The van der Waals surface area contributed by atoms with Crippen LogP contribution in [0, 0.1) is 17.3 Å². The van der Waals surface area contributed by atoms with Gasteiger partial charge >= 0.3 is 0 Å². The van der Waals surface area contributed by atoms with Gasteiger partial charge in [0.25, 0.3) is 0 Å². The van der Waals surface area contributed by atoms with Gasteiger partial charge in [-0.05, 0) is 30.7 Å². The average Bonchev–Trinajstić information content (AvgIpc) is 2.32. The lowest BCUT2D eigenvalue weighted by molar-refractivity contribution is -0.127. The van der Waals surface area contributed by atoms with E-state index in [0.29, 0.717) is 11.2 Å². The smallest absolute Gasteiger partial charge is 0.137 e. The van der Waals surface area contributed by atoms with E-state index in [1.165, 1.54) is 6.42 Å². The first-order valence-electron chi connectivity index (χ1n) is 7.63. The average molecular weight is 253 g/mol. The molecule has 0 aromatic heterocycles. The first-order valence-corrected chi connectivity index (χ1v) is 7.63. The molecule has 2 unspecified atom stereocenters. The fourth-order valence-electron chi connectivity index (χ4n) is 2.93. The van der Waals surface area contributed by atoms with E-state index in [-0.39, 0.29) is 5.92 Å². The molecule has 1 aliphatic carbocycles. The summed E-state index contributed by atoms with van der Waals surface area (Å²) in [7, 11) is 0. The van der Waals surface area contributed by atoms with Crippen molar-refractivity contribution in [3.05, 3.63) is 0 Å². The molecule has 0 bridgehead atoms. The molecule has 0 aliphatic heterocycles. The number of hydrogen-bond acceptors (Lipinski definition) is 2. The summed E-state index contributed by atoms with van der Waals surface area (Å²) in [5.74, 6) is 1.51. The van der Waals surface area contributed by atoms with Gasteiger partial charge in [-0.25, -0.2) is 0 Å². The van der Waals surface area contributed by atoms with Gasteiger partial charge in [0.1, 0.15) is 5.78 Å². The highest BCUT2D eigenvalue weighted by Gasteiger charge is 2.34. The first-order chi connectivity index (χ1) is 8.38. The predicted octanol–water partition coefficient (Wildman–Crippen LogP) is 3.75. The summed E-state index contributed by atoms with van der Waals surface area (Å²) in [6.45, 7) is 14.5. The molecule has 1 rings (SSSR count). The molecule has 0 heterocycles. The van der Waals surface area contributed by atoms with E-state index in [9.17, 15) is 4.79 Å². The van der Waals surface area contributed by atoms with Crippen molar-refractivity contribution in [3.63, 3.8) is 0 Å². The number of carbonyl (C=O) groups is 1. The van der Waals surface area contributed by atoms with Gasteiger partial charge in [0, 0.05) is 25.4 Å². The Balaban J connectivity index is 2.54. The lowest BCUT2D eigenvalue weighted by atomic mass is 9.71. The maximum absolute atomic E-state index is 12.1. The molecule has 0 amide bonds. The lowest BCUT2D eigenvalue weighted by Gasteiger charge is -2.37. The second-order valence-electron chi connectivity index (χ2n) is 6.90. The van der Waals surface area contributed by atoms with Crippen molar-refractivity contribution in [2.75, 3.05) is 19.6 Å². The van der Waals surface area contributed by atoms with E-state index in [1.807, 2.05) is 0 Å². The molecule has 106 valence electrons.